The minimum atomic E-state index is -0.465. The van der Waals surface area contributed by atoms with Gasteiger partial charge in [0.2, 0.25) is 0 Å². The maximum absolute atomic E-state index is 13.3. The van der Waals surface area contributed by atoms with Crippen molar-refractivity contribution in [3.8, 4) is 33.5 Å². The summed E-state index contributed by atoms with van der Waals surface area (Å²) < 4.78 is 1.09. The van der Waals surface area contributed by atoms with Crippen LogP contribution >= 0.6 is 0 Å². The molecule has 0 atom stereocenters. The number of nitrogen functional groups attached to an aromatic ring is 1. The highest BCUT2D eigenvalue weighted by atomic mass is 16.6. The van der Waals surface area contributed by atoms with Gasteiger partial charge in [-0.3, -0.25) is 14.9 Å². The predicted octanol–water partition coefficient (Wildman–Crippen LogP) is 4.47. The molecule has 2 N–H and O–H groups in total. The molecule has 1 heterocycles. The molecule has 0 aliphatic carbocycles. The second kappa shape index (κ2) is 7.44. The van der Waals surface area contributed by atoms with Crippen molar-refractivity contribution in [1.29, 1.82) is 0 Å². The zero-order valence-electron chi connectivity index (χ0n) is 15.4. The fourth-order valence-corrected chi connectivity index (χ4v) is 3.33. The number of nitrogens with two attached hydrogens (primary N) is 1. The minimum Gasteiger partial charge on any atom is -0.336 e. The SMILES string of the molecule is Nn1c(-c2ccc([N+](=O)[O-])cc2)cc(-c2ccccc2)c(-c2ccccc2)c1=O. The van der Waals surface area contributed by atoms with E-state index in [1.807, 2.05) is 66.7 Å². The molecule has 0 amide bonds. The lowest BCUT2D eigenvalue weighted by molar-refractivity contribution is -0.384. The summed E-state index contributed by atoms with van der Waals surface area (Å²) in [7, 11) is 0. The van der Waals surface area contributed by atoms with Gasteiger partial charge < -0.3 is 5.84 Å². The fourth-order valence-electron chi connectivity index (χ4n) is 3.33. The molecule has 0 radical (unpaired) electrons. The molecule has 142 valence electrons. The van der Waals surface area contributed by atoms with E-state index in [4.69, 9.17) is 5.84 Å². The number of non-ortho nitro benzene ring substituents is 1. The maximum Gasteiger partial charge on any atom is 0.277 e. The van der Waals surface area contributed by atoms with Gasteiger partial charge in [0, 0.05) is 17.7 Å². The van der Waals surface area contributed by atoms with Crippen molar-refractivity contribution in [1.82, 2.24) is 4.68 Å². The molecule has 0 unspecified atom stereocenters. The predicted molar refractivity (Wildman–Crippen MR) is 114 cm³/mol. The number of benzene rings is 3. The van der Waals surface area contributed by atoms with Crippen LogP contribution in [-0.2, 0) is 0 Å². The molecule has 3 aromatic carbocycles. The van der Waals surface area contributed by atoms with Crippen molar-refractivity contribution in [2.75, 3.05) is 5.84 Å². The molecule has 0 aliphatic rings. The van der Waals surface area contributed by atoms with E-state index in [2.05, 4.69) is 0 Å². The highest BCUT2D eigenvalue weighted by Gasteiger charge is 2.18. The van der Waals surface area contributed by atoms with E-state index in [-0.39, 0.29) is 11.2 Å². The quantitative estimate of drug-likeness (QED) is 0.320. The van der Waals surface area contributed by atoms with Crippen molar-refractivity contribution < 1.29 is 4.92 Å². The molecule has 0 bridgehead atoms. The largest absolute Gasteiger partial charge is 0.336 e. The zero-order chi connectivity index (χ0) is 20.4. The molecule has 6 nitrogen and oxygen atoms in total. The molecular formula is C23H17N3O3. The topological polar surface area (TPSA) is 91.2 Å². The van der Waals surface area contributed by atoms with Gasteiger partial charge in [0.05, 0.1) is 16.2 Å². The lowest BCUT2D eigenvalue weighted by Gasteiger charge is -2.16. The van der Waals surface area contributed by atoms with Crippen LogP contribution in [0.2, 0.25) is 0 Å². The summed E-state index contributed by atoms with van der Waals surface area (Å²) in [6, 6.07) is 26.8. The van der Waals surface area contributed by atoms with Crippen LogP contribution in [0.15, 0.2) is 95.8 Å². The Kier molecular flexibility index (Phi) is 4.66. The van der Waals surface area contributed by atoms with Crippen LogP contribution in [0.25, 0.3) is 33.5 Å². The maximum atomic E-state index is 13.3. The normalized spacial score (nSPS) is 10.6. The Labute approximate surface area is 166 Å². The lowest BCUT2D eigenvalue weighted by Crippen LogP contribution is -2.30. The second-order valence-electron chi connectivity index (χ2n) is 6.53. The van der Waals surface area contributed by atoms with Gasteiger partial charge in [-0.1, -0.05) is 60.7 Å². The molecular weight excluding hydrogens is 366 g/mol. The van der Waals surface area contributed by atoms with E-state index in [0.717, 1.165) is 21.4 Å². The highest BCUT2D eigenvalue weighted by Crippen LogP contribution is 2.33. The summed E-state index contributed by atoms with van der Waals surface area (Å²) in [5.74, 6) is 6.17. The Morgan fingerprint density at radius 3 is 1.86 bits per heavy atom. The first-order chi connectivity index (χ1) is 14.1. The van der Waals surface area contributed by atoms with Gasteiger partial charge in [-0.05, 0) is 34.9 Å². The summed E-state index contributed by atoms with van der Waals surface area (Å²) in [5, 5.41) is 10.9. The third kappa shape index (κ3) is 3.39. The first-order valence-corrected chi connectivity index (χ1v) is 8.97. The Hall–Kier alpha value is -4.19. The Morgan fingerprint density at radius 1 is 0.759 bits per heavy atom. The van der Waals surface area contributed by atoms with E-state index in [1.165, 1.54) is 12.1 Å². The third-order valence-electron chi connectivity index (χ3n) is 4.76. The van der Waals surface area contributed by atoms with Crippen LogP contribution in [0.3, 0.4) is 0 Å². The molecule has 0 saturated heterocycles. The Morgan fingerprint density at radius 2 is 1.31 bits per heavy atom. The van der Waals surface area contributed by atoms with E-state index in [1.54, 1.807) is 12.1 Å². The summed E-state index contributed by atoms with van der Waals surface area (Å²) in [4.78, 5) is 23.7. The number of hydrogen-bond donors (Lipinski definition) is 1. The van der Waals surface area contributed by atoms with Crippen LogP contribution < -0.4 is 11.4 Å². The summed E-state index contributed by atoms with van der Waals surface area (Å²) in [6.07, 6.45) is 0. The van der Waals surface area contributed by atoms with Gasteiger partial charge in [-0.2, -0.15) is 0 Å². The Balaban J connectivity index is 1.99. The minimum absolute atomic E-state index is 0.0242. The van der Waals surface area contributed by atoms with E-state index in [0.29, 0.717) is 16.8 Å². The summed E-state index contributed by atoms with van der Waals surface area (Å²) in [5.41, 5.74) is 3.63. The number of aromatic nitrogens is 1. The lowest BCUT2D eigenvalue weighted by atomic mass is 9.94. The van der Waals surface area contributed by atoms with Crippen LogP contribution in [0, 0.1) is 10.1 Å². The van der Waals surface area contributed by atoms with Crippen LogP contribution in [-0.4, -0.2) is 9.60 Å². The number of pyridine rings is 1. The van der Waals surface area contributed by atoms with Gasteiger partial charge in [-0.25, -0.2) is 4.68 Å². The van der Waals surface area contributed by atoms with Crippen molar-refractivity contribution in [3.05, 3.63) is 111 Å². The summed E-state index contributed by atoms with van der Waals surface area (Å²) in [6.45, 7) is 0. The van der Waals surface area contributed by atoms with Crippen LogP contribution in [0.5, 0.6) is 0 Å². The van der Waals surface area contributed by atoms with Gasteiger partial charge in [0.15, 0.2) is 0 Å². The van der Waals surface area contributed by atoms with Gasteiger partial charge >= 0.3 is 0 Å². The smallest absolute Gasteiger partial charge is 0.277 e. The average molecular weight is 383 g/mol. The molecule has 4 aromatic rings. The van der Waals surface area contributed by atoms with Crippen molar-refractivity contribution >= 4 is 5.69 Å². The molecule has 29 heavy (non-hydrogen) atoms. The molecule has 4 rings (SSSR count). The monoisotopic (exact) mass is 383 g/mol. The standard InChI is InChI=1S/C23H17N3O3/c24-25-21(17-11-13-19(14-12-17)26(28)29)15-20(16-7-3-1-4-8-16)22(23(25)27)18-9-5-2-6-10-18/h1-15H,24H2. The van der Waals surface area contributed by atoms with Gasteiger partial charge in [0.1, 0.15) is 0 Å². The summed E-state index contributed by atoms with van der Waals surface area (Å²) >= 11 is 0. The molecule has 1 aromatic heterocycles. The second-order valence-corrected chi connectivity index (χ2v) is 6.53. The first-order valence-electron chi connectivity index (χ1n) is 8.97. The van der Waals surface area contributed by atoms with Crippen LogP contribution in [0.4, 0.5) is 5.69 Å². The number of nitro benzene ring substituents is 1. The number of hydrogen-bond acceptors (Lipinski definition) is 4. The molecule has 0 spiro atoms. The number of nitro groups is 1. The van der Waals surface area contributed by atoms with Gasteiger partial charge in [-0.15, -0.1) is 0 Å². The van der Waals surface area contributed by atoms with Crippen molar-refractivity contribution in [2.24, 2.45) is 0 Å². The van der Waals surface area contributed by atoms with Crippen LogP contribution in [0.1, 0.15) is 0 Å². The fraction of sp³-hybridized carbons (Fsp3) is 0. The molecule has 0 aliphatic heterocycles. The number of nitrogens with zero attached hydrogens (tertiary/aromatic N) is 2. The van der Waals surface area contributed by atoms with E-state index < -0.39 is 4.92 Å². The number of rotatable bonds is 4. The first kappa shape index (κ1) is 18.2. The zero-order valence-corrected chi connectivity index (χ0v) is 15.4. The Bertz CT molecular complexity index is 1230. The molecule has 0 saturated carbocycles. The highest BCUT2D eigenvalue weighted by molar-refractivity contribution is 5.85. The van der Waals surface area contributed by atoms with Gasteiger partial charge in [0.25, 0.3) is 11.2 Å². The van der Waals surface area contributed by atoms with E-state index in [9.17, 15) is 14.9 Å². The third-order valence-corrected chi connectivity index (χ3v) is 4.76. The van der Waals surface area contributed by atoms with Crippen molar-refractivity contribution in [3.63, 3.8) is 0 Å². The van der Waals surface area contributed by atoms with E-state index >= 15 is 0 Å². The molecule has 0 fully saturated rings. The average Bonchev–Trinajstić information content (AvgIpc) is 2.76. The van der Waals surface area contributed by atoms with Crippen molar-refractivity contribution in [2.45, 2.75) is 0 Å². The molecule has 6 heteroatoms.